The summed E-state index contributed by atoms with van der Waals surface area (Å²) in [7, 11) is -3.99. The fraction of sp³-hybridized carbons (Fsp3) is 0.0556. The molecule has 134 valence electrons. The molecule has 0 atom stereocenters. The lowest BCUT2D eigenvalue weighted by molar-refractivity contribution is -0.121. The zero-order chi connectivity index (χ0) is 18.6. The molecule has 0 aliphatic carbocycles. The fourth-order valence-corrected chi connectivity index (χ4v) is 3.10. The average molecular weight is 374 g/mol. The van der Waals surface area contributed by atoms with Gasteiger partial charge in [-0.3, -0.25) is 9.63 Å². The van der Waals surface area contributed by atoms with Gasteiger partial charge in [-0.1, -0.05) is 35.2 Å². The summed E-state index contributed by atoms with van der Waals surface area (Å²) in [6, 6.07) is 17.3. The van der Waals surface area contributed by atoms with Crippen LogP contribution in [0.5, 0.6) is 0 Å². The van der Waals surface area contributed by atoms with Crippen LogP contribution < -0.4 is 10.2 Å². The predicted molar refractivity (Wildman–Crippen MR) is 95.3 cm³/mol. The van der Waals surface area contributed by atoms with E-state index in [1.807, 2.05) is 35.2 Å². The number of anilines is 1. The molecule has 0 radical (unpaired) electrons. The minimum Gasteiger partial charge on any atom is -0.324 e. The first-order valence-corrected chi connectivity index (χ1v) is 9.10. The van der Waals surface area contributed by atoms with E-state index in [-0.39, 0.29) is 4.90 Å². The third-order valence-corrected chi connectivity index (χ3v) is 4.76. The molecule has 0 saturated carbocycles. The molecule has 6 nitrogen and oxygen atoms in total. The summed E-state index contributed by atoms with van der Waals surface area (Å²) < 4.78 is 36.7. The monoisotopic (exact) mass is 374 g/mol. The quantitative estimate of drug-likeness (QED) is 0.650. The molecular formula is C18H15FN2O4S. The Morgan fingerprint density at radius 1 is 0.962 bits per heavy atom. The molecule has 2 N–H and O–H groups in total. The van der Waals surface area contributed by atoms with Gasteiger partial charge >= 0.3 is 0 Å². The van der Waals surface area contributed by atoms with Gasteiger partial charge in [0.25, 0.3) is 15.9 Å². The maximum Gasteiger partial charge on any atom is 0.262 e. The van der Waals surface area contributed by atoms with Gasteiger partial charge in [0.2, 0.25) is 0 Å². The maximum absolute atomic E-state index is 12.8. The molecular weight excluding hydrogens is 359 g/mol. The lowest BCUT2D eigenvalue weighted by Crippen LogP contribution is -2.29. The maximum atomic E-state index is 12.8. The summed E-state index contributed by atoms with van der Waals surface area (Å²) in [6.45, 7) is -0.521. The number of carbonyl (C=O) groups is 1. The first kappa shape index (κ1) is 18.0. The Kier molecular flexibility index (Phi) is 5.27. The van der Waals surface area contributed by atoms with Crippen LogP contribution in [0.2, 0.25) is 0 Å². The molecule has 0 bridgehead atoms. The molecule has 0 fully saturated rings. The van der Waals surface area contributed by atoms with Gasteiger partial charge in [-0.05, 0) is 47.2 Å². The molecule has 0 spiro atoms. The molecule has 0 heterocycles. The van der Waals surface area contributed by atoms with Gasteiger partial charge in [-0.2, -0.15) is 0 Å². The summed E-state index contributed by atoms with van der Waals surface area (Å²) in [5.41, 5.74) is 0.568. The van der Waals surface area contributed by atoms with Crippen LogP contribution in [-0.2, 0) is 19.7 Å². The molecule has 3 aromatic rings. The van der Waals surface area contributed by atoms with Crippen molar-refractivity contribution in [2.24, 2.45) is 0 Å². The highest BCUT2D eigenvalue weighted by Crippen LogP contribution is 2.18. The molecule has 0 saturated heterocycles. The number of carbonyl (C=O) groups excluding carboxylic acids is 1. The summed E-state index contributed by atoms with van der Waals surface area (Å²) in [5.74, 6) is -1.08. The SMILES string of the molecule is O=C(CONS(=O)(=O)c1ccc(F)cc1)Nc1ccc2ccccc2c1. The lowest BCUT2D eigenvalue weighted by atomic mass is 10.1. The van der Waals surface area contributed by atoms with Crippen LogP contribution >= 0.6 is 0 Å². The van der Waals surface area contributed by atoms with Gasteiger partial charge in [-0.15, -0.1) is 0 Å². The smallest absolute Gasteiger partial charge is 0.262 e. The zero-order valence-electron chi connectivity index (χ0n) is 13.5. The van der Waals surface area contributed by atoms with Crippen LogP contribution in [0.15, 0.2) is 71.6 Å². The predicted octanol–water partition coefficient (Wildman–Crippen LogP) is 2.83. The van der Waals surface area contributed by atoms with Gasteiger partial charge in [-0.25, -0.2) is 12.8 Å². The molecule has 0 unspecified atom stereocenters. The topological polar surface area (TPSA) is 84.5 Å². The van der Waals surface area contributed by atoms with Gasteiger partial charge in [0.15, 0.2) is 0 Å². The minimum atomic E-state index is -3.99. The average Bonchev–Trinajstić information content (AvgIpc) is 2.62. The summed E-state index contributed by atoms with van der Waals surface area (Å²) in [6.07, 6.45) is 0. The van der Waals surface area contributed by atoms with E-state index in [1.165, 1.54) is 0 Å². The molecule has 8 heteroatoms. The van der Waals surface area contributed by atoms with Crippen molar-refractivity contribution in [3.05, 3.63) is 72.5 Å². The van der Waals surface area contributed by atoms with E-state index in [0.717, 1.165) is 35.0 Å². The minimum absolute atomic E-state index is 0.172. The van der Waals surface area contributed by atoms with E-state index in [1.54, 1.807) is 12.1 Å². The Bertz CT molecular complexity index is 1040. The number of hydrogen-bond donors (Lipinski definition) is 2. The summed E-state index contributed by atoms with van der Waals surface area (Å²) in [4.78, 5) is 18.3. The van der Waals surface area contributed by atoms with Crippen molar-refractivity contribution in [1.29, 1.82) is 0 Å². The van der Waals surface area contributed by atoms with E-state index in [0.29, 0.717) is 5.69 Å². The summed E-state index contributed by atoms with van der Waals surface area (Å²) >= 11 is 0. The van der Waals surface area contributed by atoms with Crippen molar-refractivity contribution in [3.8, 4) is 0 Å². The molecule has 0 aliphatic rings. The number of sulfonamides is 1. The second-order valence-electron chi connectivity index (χ2n) is 5.44. The number of nitrogens with one attached hydrogen (secondary N) is 2. The summed E-state index contributed by atoms with van der Waals surface area (Å²) in [5, 5.41) is 4.62. The highest BCUT2D eigenvalue weighted by atomic mass is 32.2. The van der Waals surface area contributed by atoms with E-state index < -0.39 is 28.4 Å². The largest absolute Gasteiger partial charge is 0.324 e. The first-order valence-electron chi connectivity index (χ1n) is 7.62. The van der Waals surface area contributed by atoms with Crippen LogP contribution in [0.1, 0.15) is 0 Å². The van der Waals surface area contributed by atoms with Crippen LogP contribution in [-0.4, -0.2) is 20.9 Å². The van der Waals surface area contributed by atoms with E-state index in [2.05, 4.69) is 5.32 Å². The Morgan fingerprint density at radius 3 is 2.38 bits per heavy atom. The van der Waals surface area contributed by atoms with Crippen molar-refractivity contribution in [1.82, 2.24) is 4.89 Å². The zero-order valence-corrected chi connectivity index (χ0v) is 14.3. The number of fused-ring (bicyclic) bond motifs is 1. The standard InChI is InChI=1S/C18H15FN2O4S/c19-15-6-9-17(10-7-15)26(23,24)21-25-12-18(22)20-16-8-5-13-3-1-2-4-14(13)11-16/h1-11,21H,12H2,(H,20,22). The number of hydrogen-bond acceptors (Lipinski definition) is 4. The second-order valence-corrected chi connectivity index (χ2v) is 7.08. The highest BCUT2D eigenvalue weighted by molar-refractivity contribution is 7.89. The number of halogens is 1. The van der Waals surface area contributed by atoms with E-state index >= 15 is 0 Å². The van der Waals surface area contributed by atoms with Crippen molar-refractivity contribution >= 4 is 32.4 Å². The number of rotatable bonds is 6. The highest BCUT2D eigenvalue weighted by Gasteiger charge is 2.15. The van der Waals surface area contributed by atoms with Crippen molar-refractivity contribution in [2.45, 2.75) is 4.90 Å². The number of amides is 1. The number of benzene rings is 3. The Morgan fingerprint density at radius 2 is 1.65 bits per heavy atom. The molecule has 3 rings (SSSR count). The fourth-order valence-electron chi connectivity index (χ4n) is 2.30. The second kappa shape index (κ2) is 7.61. The van der Waals surface area contributed by atoms with E-state index in [9.17, 15) is 17.6 Å². The van der Waals surface area contributed by atoms with Gasteiger partial charge in [0, 0.05) is 5.69 Å². The first-order chi connectivity index (χ1) is 12.4. The third kappa shape index (κ3) is 4.42. The molecule has 0 aromatic heterocycles. The Labute approximate surface area is 149 Å². The van der Waals surface area contributed by atoms with Gasteiger partial charge in [0.1, 0.15) is 12.4 Å². The van der Waals surface area contributed by atoms with Crippen molar-refractivity contribution in [3.63, 3.8) is 0 Å². The molecule has 0 aliphatic heterocycles. The molecule has 1 amide bonds. The normalized spacial score (nSPS) is 11.4. The van der Waals surface area contributed by atoms with Crippen LogP contribution in [0, 0.1) is 5.82 Å². The lowest BCUT2D eigenvalue weighted by Gasteiger charge is -2.09. The molecule has 26 heavy (non-hydrogen) atoms. The van der Waals surface area contributed by atoms with Gasteiger partial charge in [0.05, 0.1) is 4.90 Å². The van der Waals surface area contributed by atoms with Crippen molar-refractivity contribution in [2.75, 3.05) is 11.9 Å². The van der Waals surface area contributed by atoms with E-state index in [4.69, 9.17) is 4.84 Å². The Balaban J connectivity index is 1.55. The van der Waals surface area contributed by atoms with Gasteiger partial charge < -0.3 is 5.32 Å². The van der Waals surface area contributed by atoms with Crippen LogP contribution in [0.25, 0.3) is 10.8 Å². The Hall–Kier alpha value is -2.81. The van der Waals surface area contributed by atoms with Crippen LogP contribution in [0.4, 0.5) is 10.1 Å². The molecule has 3 aromatic carbocycles. The van der Waals surface area contributed by atoms with Crippen LogP contribution in [0.3, 0.4) is 0 Å². The third-order valence-electron chi connectivity index (χ3n) is 3.53. The van der Waals surface area contributed by atoms with Crippen molar-refractivity contribution < 1.29 is 22.4 Å².